The first-order valence-electron chi connectivity index (χ1n) is 6.40. The fraction of sp³-hybridized carbons (Fsp3) is 0.429. The molecular weight excluding hydrogens is 265 g/mol. The second kappa shape index (κ2) is 6.36. The smallest absolute Gasteiger partial charge is 0.410 e. The first kappa shape index (κ1) is 14.3. The van der Waals surface area contributed by atoms with E-state index in [1.165, 1.54) is 4.90 Å². The number of nitrogens with zero attached hydrogens (tertiary/aromatic N) is 1. The molecule has 0 aromatic heterocycles. The van der Waals surface area contributed by atoms with Gasteiger partial charge < -0.3 is 14.7 Å². The van der Waals surface area contributed by atoms with Gasteiger partial charge in [0.25, 0.3) is 0 Å². The molecule has 1 amide bonds. The molecule has 1 aromatic rings. The Labute approximate surface area is 116 Å². The summed E-state index contributed by atoms with van der Waals surface area (Å²) in [4.78, 5) is 23.8. The minimum atomic E-state index is -1.55. The van der Waals surface area contributed by atoms with Crippen LogP contribution in [-0.4, -0.2) is 41.3 Å². The zero-order valence-electron chi connectivity index (χ0n) is 10.9. The molecule has 108 valence electrons. The third-order valence-electron chi connectivity index (χ3n) is 3.32. The van der Waals surface area contributed by atoms with Gasteiger partial charge in [0.05, 0.1) is 12.5 Å². The lowest BCUT2D eigenvalue weighted by Gasteiger charge is -2.31. The Morgan fingerprint density at radius 3 is 2.65 bits per heavy atom. The van der Waals surface area contributed by atoms with Crippen LogP contribution in [-0.2, 0) is 16.1 Å². The number of carboxylic acid groups (broad SMARTS) is 1. The van der Waals surface area contributed by atoms with Crippen LogP contribution in [0.4, 0.5) is 9.18 Å². The monoisotopic (exact) mass is 281 g/mol. The van der Waals surface area contributed by atoms with Crippen molar-refractivity contribution in [3.05, 3.63) is 35.9 Å². The molecule has 2 rings (SSSR count). The Bertz CT molecular complexity index is 479. The van der Waals surface area contributed by atoms with Gasteiger partial charge in [0.15, 0.2) is 0 Å². The van der Waals surface area contributed by atoms with E-state index in [0.717, 1.165) is 5.56 Å². The molecule has 1 heterocycles. The Morgan fingerprint density at radius 1 is 1.35 bits per heavy atom. The van der Waals surface area contributed by atoms with Crippen LogP contribution in [0.5, 0.6) is 0 Å². The average Bonchev–Trinajstić information content (AvgIpc) is 2.45. The molecule has 0 spiro atoms. The van der Waals surface area contributed by atoms with Crippen molar-refractivity contribution in [2.45, 2.75) is 19.2 Å². The third-order valence-corrected chi connectivity index (χ3v) is 3.32. The summed E-state index contributed by atoms with van der Waals surface area (Å²) in [5.74, 6) is -2.19. The third kappa shape index (κ3) is 3.46. The van der Waals surface area contributed by atoms with Gasteiger partial charge in [0, 0.05) is 6.54 Å². The van der Waals surface area contributed by atoms with Crippen molar-refractivity contribution >= 4 is 12.1 Å². The molecular formula is C14H16FNO4. The summed E-state index contributed by atoms with van der Waals surface area (Å²) < 4.78 is 18.7. The summed E-state index contributed by atoms with van der Waals surface area (Å²) in [5, 5.41) is 8.81. The second-order valence-corrected chi connectivity index (χ2v) is 4.74. The molecule has 6 heteroatoms. The number of halogens is 1. The van der Waals surface area contributed by atoms with E-state index in [2.05, 4.69) is 0 Å². The highest BCUT2D eigenvalue weighted by Crippen LogP contribution is 2.21. The number of likely N-dealkylation sites (tertiary alicyclic amines) is 1. The Kier molecular flexibility index (Phi) is 4.55. The summed E-state index contributed by atoms with van der Waals surface area (Å²) in [7, 11) is 0. The normalized spacial score (nSPS) is 22.4. The molecule has 1 aliphatic heterocycles. The SMILES string of the molecule is O=C(O)C1CCN(C(=O)OCc2ccccc2)CC1F. The maximum absolute atomic E-state index is 13.6. The summed E-state index contributed by atoms with van der Waals surface area (Å²) in [6, 6.07) is 9.16. The van der Waals surface area contributed by atoms with Gasteiger partial charge in [-0.1, -0.05) is 30.3 Å². The van der Waals surface area contributed by atoms with Crippen LogP contribution in [0.15, 0.2) is 30.3 Å². The molecule has 1 N–H and O–H groups in total. The number of carbonyl (C=O) groups is 2. The van der Waals surface area contributed by atoms with Crippen molar-refractivity contribution in [1.82, 2.24) is 4.90 Å². The van der Waals surface area contributed by atoms with E-state index >= 15 is 0 Å². The molecule has 1 fully saturated rings. The van der Waals surface area contributed by atoms with Crippen LogP contribution in [0.25, 0.3) is 0 Å². The molecule has 1 aromatic carbocycles. The second-order valence-electron chi connectivity index (χ2n) is 4.74. The highest BCUT2D eigenvalue weighted by atomic mass is 19.1. The molecule has 0 aliphatic carbocycles. The highest BCUT2D eigenvalue weighted by molar-refractivity contribution is 5.72. The molecule has 5 nitrogen and oxygen atoms in total. The number of piperidine rings is 1. The molecule has 2 unspecified atom stereocenters. The van der Waals surface area contributed by atoms with Crippen LogP contribution in [0.2, 0.25) is 0 Å². The molecule has 0 radical (unpaired) electrons. The first-order chi connectivity index (χ1) is 9.58. The van der Waals surface area contributed by atoms with E-state index in [0.29, 0.717) is 0 Å². The number of carboxylic acids is 1. The zero-order chi connectivity index (χ0) is 14.5. The van der Waals surface area contributed by atoms with Crippen LogP contribution in [0.3, 0.4) is 0 Å². The molecule has 20 heavy (non-hydrogen) atoms. The molecule has 0 saturated carbocycles. The van der Waals surface area contributed by atoms with E-state index in [-0.39, 0.29) is 26.1 Å². The number of ether oxygens (including phenoxy) is 1. The van der Waals surface area contributed by atoms with E-state index in [4.69, 9.17) is 9.84 Å². The van der Waals surface area contributed by atoms with Crippen molar-refractivity contribution in [2.24, 2.45) is 5.92 Å². The largest absolute Gasteiger partial charge is 0.481 e. The topological polar surface area (TPSA) is 66.8 Å². The summed E-state index contributed by atoms with van der Waals surface area (Å²) >= 11 is 0. The Balaban J connectivity index is 1.84. The number of rotatable bonds is 3. The number of hydrogen-bond acceptors (Lipinski definition) is 3. The van der Waals surface area contributed by atoms with Crippen molar-refractivity contribution in [3.63, 3.8) is 0 Å². The fourth-order valence-corrected chi connectivity index (χ4v) is 2.16. The quantitative estimate of drug-likeness (QED) is 0.921. The lowest BCUT2D eigenvalue weighted by Crippen LogP contribution is -2.47. The lowest BCUT2D eigenvalue weighted by molar-refractivity contribution is -0.146. The van der Waals surface area contributed by atoms with Crippen molar-refractivity contribution < 1.29 is 23.8 Å². The highest BCUT2D eigenvalue weighted by Gasteiger charge is 2.36. The predicted octanol–water partition coefficient (Wildman–Crippen LogP) is 2.07. The number of amides is 1. The van der Waals surface area contributed by atoms with E-state index < -0.39 is 24.2 Å². The molecule has 1 aliphatic rings. The average molecular weight is 281 g/mol. The van der Waals surface area contributed by atoms with Gasteiger partial charge in [0.2, 0.25) is 0 Å². The number of benzene rings is 1. The number of aliphatic carboxylic acids is 1. The van der Waals surface area contributed by atoms with Gasteiger partial charge in [-0.3, -0.25) is 4.79 Å². The minimum Gasteiger partial charge on any atom is -0.481 e. The van der Waals surface area contributed by atoms with Crippen LogP contribution >= 0.6 is 0 Å². The number of hydrogen-bond donors (Lipinski definition) is 1. The molecule has 0 bridgehead atoms. The van der Waals surface area contributed by atoms with Gasteiger partial charge in [-0.2, -0.15) is 0 Å². The van der Waals surface area contributed by atoms with Gasteiger partial charge in [0.1, 0.15) is 12.8 Å². The Hall–Kier alpha value is -2.11. The maximum Gasteiger partial charge on any atom is 0.410 e. The zero-order valence-corrected chi connectivity index (χ0v) is 10.9. The van der Waals surface area contributed by atoms with Crippen LogP contribution in [0.1, 0.15) is 12.0 Å². The minimum absolute atomic E-state index is 0.108. The van der Waals surface area contributed by atoms with Crippen LogP contribution < -0.4 is 0 Å². The van der Waals surface area contributed by atoms with Crippen molar-refractivity contribution in [3.8, 4) is 0 Å². The van der Waals surface area contributed by atoms with E-state index in [1.54, 1.807) is 0 Å². The predicted molar refractivity (Wildman–Crippen MR) is 68.8 cm³/mol. The van der Waals surface area contributed by atoms with Crippen LogP contribution in [0, 0.1) is 5.92 Å². The van der Waals surface area contributed by atoms with Crippen molar-refractivity contribution in [1.29, 1.82) is 0 Å². The van der Waals surface area contributed by atoms with Gasteiger partial charge in [-0.15, -0.1) is 0 Å². The lowest BCUT2D eigenvalue weighted by atomic mass is 9.95. The number of carbonyl (C=O) groups excluding carboxylic acids is 1. The maximum atomic E-state index is 13.6. The molecule has 1 saturated heterocycles. The summed E-state index contributed by atoms with van der Waals surface area (Å²) in [5.41, 5.74) is 0.845. The van der Waals surface area contributed by atoms with Crippen molar-refractivity contribution in [2.75, 3.05) is 13.1 Å². The molecule has 2 atom stereocenters. The fourth-order valence-electron chi connectivity index (χ4n) is 2.16. The first-order valence-corrected chi connectivity index (χ1v) is 6.40. The summed E-state index contributed by atoms with van der Waals surface area (Å²) in [6.45, 7) is 0.0884. The summed E-state index contributed by atoms with van der Waals surface area (Å²) in [6.07, 6.45) is -2.05. The van der Waals surface area contributed by atoms with Gasteiger partial charge in [-0.25, -0.2) is 9.18 Å². The van der Waals surface area contributed by atoms with E-state index in [1.807, 2.05) is 30.3 Å². The van der Waals surface area contributed by atoms with E-state index in [9.17, 15) is 14.0 Å². The van der Waals surface area contributed by atoms with Gasteiger partial charge in [-0.05, 0) is 12.0 Å². The Morgan fingerprint density at radius 2 is 2.05 bits per heavy atom. The number of alkyl halides is 1. The standard InChI is InChI=1S/C14H16FNO4/c15-12-8-16(7-6-11(12)13(17)18)14(19)20-9-10-4-2-1-3-5-10/h1-5,11-12H,6-9H2,(H,17,18). The van der Waals surface area contributed by atoms with Gasteiger partial charge >= 0.3 is 12.1 Å².